The van der Waals surface area contributed by atoms with Crippen molar-refractivity contribution >= 4 is 9.84 Å². The van der Waals surface area contributed by atoms with Gasteiger partial charge in [0.2, 0.25) is 6.79 Å². The predicted octanol–water partition coefficient (Wildman–Crippen LogP) is 1.68. The molecule has 6 heteroatoms. The first-order valence-corrected chi connectivity index (χ1v) is 8.58. The fraction of sp³-hybridized carbons (Fsp3) is 0.250. The smallest absolute Gasteiger partial charge is 0.231 e. The molecule has 1 saturated carbocycles. The van der Waals surface area contributed by atoms with Gasteiger partial charge in [0.15, 0.2) is 21.3 Å². The maximum atomic E-state index is 12.7. The molecule has 0 aromatic heterocycles. The summed E-state index contributed by atoms with van der Waals surface area (Å²) in [6, 6.07) is 13.5. The molecule has 0 spiro atoms. The molecule has 114 valence electrons. The van der Waals surface area contributed by atoms with Crippen LogP contribution in [0.2, 0.25) is 0 Å². The first kappa shape index (κ1) is 13.6. The van der Waals surface area contributed by atoms with E-state index in [4.69, 9.17) is 15.2 Å². The van der Waals surface area contributed by atoms with Gasteiger partial charge in [0, 0.05) is 12.0 Å². The van der Waals surface area contributed by atoms with Crippen molar-refractivity contribution in [3.63, 3.8) is 0 Å². The van der Waals surface area contributed by atoms with Crippen LogP contribution in [0.25, 0.3) is 0 Å². The maximum Gasteiger partial charge on any atom is 0.231 e. The van der Waals surface area contributed by atoms with E-state index in [1.54, 1.807) is 36.4 Å². The molecule has 1 fully saturated rings. The molecular formula is C16H15NO4S. The highest BCUT2D eigenvalue weighted by Crippen LogP contribution is 2.49. The molecule has 2 N–H and O–H groups in total. The molecule has 3 atom stereocenters. The Morgan fingerprint density at radius 2 is 1.73 bits per heavy atom. The second kappa shape index (κ2) is 4.72. The van der Waals surface area contributed by atoms with Gasteiger partial charge < -0.3 is 15.2 Å². The summed E-state index contributed by atoms with van der Waals surface area (Å²) in [5.41, 5.74) is 6.94. The number of hydrogen-bond donors (Lipinski definition) is 1. The van der Waals surface area contributed by atoms with Crippen LogP contribution in [0.3, 0.4) is 0 Å². The SMILES string of the molecule is N[C@H]1[C@H](c2ccc3c(c2)OCO3)[C@@H]1S(=O)(=O)c1ccccc1. The molecule has 2 aliphatic rings. The number of hydrogen-bond acceptors (Lipinski definition) is 5. The minimum Gasteiger partial charge on any atom is -0.454 e. The van der Waals surface area contributed by atoms with Crippen molar-refractivity contribution in [2.45, 2.75) is 22.1 Å². The summed E-state index contributed by atoms with van der Waals surface area (Å²) in [5.74, 6) is 1.12. The Balaban J connectivity index is 1.66. The van der Waals surface area contributed by atoms with Crippen LogP contribution < -0.4 is 15.2 Å². The Morgan fingerprint density at radius 1 is 1.00 bits per heavy atom. The summed E-state index contributed by atoms with van der Waals surface area (Å²) < 4.78 is 36.0. The number of rotatable bonds is 3. The van der Waals surface area contributed by atoms with Gasteiger partial charge in [-0.2, -0.15) is 0 Å². The predicted molar refractivity (Wildman–Crippen MR) is 80.7 cm³/mol. The van der Waals surface area contributed by atoms with E-state index in [1.807, 2.05) is 12.1 Å². The van der Waals surface area contributed by atoms with E-state index in [1.165, 1.54) is 0 Å². The van der Waals surface area contributed by atoms with Crippen LogP contribution in [-0.2, 0) is 9.84 Å². The molecule has 1 aliphatic carbocycles. The lowest BCUT2D eigenvalue weighted by Gasteiger charge is -2.04. The lowest BCUT2D eigenvalue weighted by molar-refractivity contribution is 0.174. The number of ether oxygens (including phenoxy) is 2. The third kappa shape index (κ3) is 1.99. The van der Waals surface area contributed by atoms with Gasteiger partial charge in [-0.1, -0.05) is 24.3 Å². The molecular weight excluding hydrogens is 302 g/mol. The molecule has 0 saturated heterocycles. The average molecular weight is 317 g/mol. The van der Waals surface area contributed by atoms with Gasteiger partial charge in [0.05, 0.1) is 10.1 Å². The summed E-state index contributed by atoms with van der Waals surface area (Å²) in [4.78, 5) is 0.318. The van der Waals surface area contributed by atoms with Gasteiger partial charge in [0.25, 0.3) is 0 Å². The molecule has 22 heavy (non-hydrogen) atoms. The van der Waals surface area contributed by atoms with Gasteiger partial charge in [-0.3, -0.25) is 0 Å². The summed E-state index contributed by atoms with van der Waals surface area (Å²) in [6.45, 7) is 0.196. The van der Waals surface area contributed by atoms with Crippen LogP contribution in [0.4, 0.5) is 0 Å². The van der Waals surface area contributed by atoms with Crippen molar-refractivity contribution in [3.8, 4) is 11.5 Å². The van der Waals surface area contributed by atoms with Gasteiger partial charge in [-0.15, -0.1) is 0 Å². The number of benzene rings is 2. The monoisotopic (exact) mass is 317 g/mol. The summed E-state index contributed by atoms with van der Waals surface area (Å²) >= 11 is 0. The van der Waals surface area contributed by atoms with Crippen molar-refractivity contribution < 1.29 is 17.9 Å². The Bertz CT molecular complexity index is 819. The largest absolute Gasteiger partial charge is 0.454 e. The van der Waals surface area contributed by atoms with E-state index in [0.29, 0.717) is 16.4 Å². The van der Waals surface area contributed by atoms with Gasteiger partial charge in [0.1, 0.15) is 0 Å². The first-order valence-electron chi connectivity index (χ1n) is 7.03. The molecule has 0 amide bonds. The van der Waals surface area contributed by atoms with Crippen LogP contribution in [0.5, 0.6) is 11.5 Å². The first-order chi connectivity index (χ1) is 10.6. The zero-order chi connectivity index (χ0) is 15.3. The highest BCUT2D eigenvalue weighted by molar-refractivity contribution is 7.92. The number of sulfone groups is 1. The Kier molecular flexibility index (Phi) is 2.92. The van der Waals surface area contributed by atoms with E-state index in [9.17, 15) is 8.42 Å². The molecule has 2 aromatic carbocycles. The van der Waals surface area contributed by atoms with Crippen LogP contribution in [-0.4, -0.2) is 26.5 Å². The van der Waals surface area contributed by atoms with E-state index in [0.717, 1.165) is 5.56 Å². The Morgan fingerprint density at radius 3 is 2.50 bits per heavy atom. The Hall–Kier alpha value is -2.05. The zero-order valence-corrected chi connectivity index (χ0v) is 12.5. The van der Waals surface area contributed by atoms with Crippen molar-refractivity contribution in [1.29, 1.82) is 0 Å². The highest BCUT2D eigenvalue weighted by Gasteiger charge is 2.57. The van der Waals surface area contributed by atoms with Crippen LogP contribution in [0, 0.1) is 0 Å². The number of nitrogens with two attached hydrogens (primary N) is 1. The molecule has 0 radical (unpaired) electrons. The molecule has 4 rings (SSSR count). The fourth-order valence-corrected chi connectivity index (χ4v) is 5.07. The van der Waals surface area contributed by atoms with Crippen LogP contribution >= 0.6 is 0 Å². The quantitative estimate of drug-likeness (QED) is 0.932. The topological polar surface area (TPSA) is 78.6 Å². The van der Waals surface area contributed by atoms with Crippen molar-refractivity contribution in [2.75, 3.05) is 6.79 Å². The fourth-order valence-electron chi connectivity index (χ4n) is 3.00. The normalized spacial score (nSPS) is 26.0. The highest BCUT2D eigenvalue weighted by atomic mass is 32.2. The maximum absolute atomic E-state index is 12.7. The van der Waals surface area contributed by atoms with Gasteiger partial charge in [-0.25, -0.2) is 8.42 Å². The minimum atomic E-state index is -3.42. The second-order valence-electron chi connectivity index (χ2n) is 5.54. The lowest BCUT2D eigenvalue weighted by atomic mass is 10.1. The average Bonchev–Trinajstić information content (AvgIpc) is 3.01. The minimum absolute atomic E-state index is 0.196. The summed E-state index contributed by atoms with van der Waals surface area (Å²) in [5, 5.41) is -0.588. The third-order valence-corrected chi connectivity index (χ3v) is 6.47. The molecule has 5 nitrogen and oxygen atoms in total. The van der Waals surface area contributed by atoms with Crippen molar-refractivity contribution in [3.05, 3.63) is 54.1 Å². The van der Waals surface area contributed by atoms with E-state index in [-0.39, 0.29) is 12.7 Å². The molecule has 2 aromatic rings. The second-order valence-corrected chi connectivity index (χ2v) is 7.64. The van der Waals surface area contributed by atoms with Crippen LogP contribution in [0.15, 0.2) is 53.4 Å². The third-order valence-electron chi connectivity index (χ3n) is 4.22. The van der Waals surface area contributed by atoms with Crippen molar-refractivity contribution in [2.24, 2.45) is 5.73 Å². The van der Waals surface area contributed by atoms with E-state index >= 15 is 0 Å². The lowest BCUT2D eigenvalue weighted by Crippen LogP contribution is -2.15. The van der Waals surface area contributed by atoms with Gasteiger partial charge in [-0.05, 0) is 29.8 Å². The van der Waals surface area contributed by atoms with Gasteiger partial charge >= 0.3 is 0 Å². The Labute approximate surface area is 128 Å². The van der Waals surface area contributed by atoms with Crippen molar-refractivity contribution in [1.82, 2.24) is 0 Å². The summed E-state index contributed by atoms with van der Waals surface area (Å²) in [6.07, 6.45) is 0. The molecule has 1 aliphatic heterocycles. The molecule has 0 unspecified atom stereocenters. The standard InChI is InChI=1S/C16H15NO4S/c17-15-14(10-6-7-12-13(8-10)21-9-20-12)16(15)22(18,19)11-4-2-1-3-5-11/h1-8,14-16H,9,17H2/t14-,15-,16-/m0/s1. The molecule has 1 heterocycles. The molecule has 0 bridgehead atoms. The number of fused-ring (bicyclic) bond motifs is 1. The zero-order valence-electron chi connectivity index (χ0n) is 11.7. The van der Waals surface area contributed by atoms with E-state index in [2.05, 4.69) is 0 Å². The summed E-state index contributed by atoms with van der Waals surface area (Å²) in [7, 11) is -3.42. The van der Waals surface area contributed by atoms with E-state index < -0.39 is 21.1 Å². The van der Waals surface area contributed by atoms with Crippen LogP contribution in [0.1, 0.15) is 11.5 Å².